The fourth-order valence-corrected chi connectivity index (χ4v) is 4.86. The molecule has 160 valence electrons. The van der Waals surface area contributed by atoms with E-state index in [-0.39, 0.29) is 0 Å². The Morgan fingerprint density at radius 3 is 2.67 bits per heavy atom. The topological polar surface area (TPSA) is 54.1 Å². The van der Waals surface area contributed by atoms with Crippen LogP contribution < -0.4 is 0 Å². The summed E-state index contributed by atoms with van der Waals surface area (Å²) in [5.41, 5.74) is 1.09. The number of rotatable bonds is 7. The molecule has 0 spiro atoms. The minimum Gasteiger partial charge on any atom is -0.365 e. The lowest BCUT2D eigenvalue weighted by Crippen LogP contribution is -2.61. The molecule has 0 aliphatic carbocycles. The number of aromatic nitrogens is 2. The van der Waals surface area contributed by atoms with Crippen molar-refractivity contribution in [2.75, 3.05) is 19.7 Å². The van der Waals surface area contributed by atoms with E-state index in [9.17, 15) is 8.78 Å². The van der Waals surface area contributed by atoms with E-state index in [2.05, 4.69) is 34.4 Å². The van der Waals surface area contributed by atoms with Gasteiger partial charge in [-0.25, -0.2) is 13.8 Å². The van der Waals surface area contributed by atoms with Gasteiger partial charge in [0.15, 0.2) is 0 Å². The predicted molar refractivity (Wildman–Crippen MR) is 109 cm³/mol. The molecular weight excluding hydrogens is 386 g/mol. The molecule has 0 radical (unpaired) electrons. The van der Waals surface area contributed by atoms with Gasteiger partial charge >= 0.3 is 0 Å². The number of ether oxygens (including phenoxy) is 1. The highest BCUT2D eigenvalue weighted by Gasteiger charge is 2.61. The number of likely N-dealkylation sites (tertiary alicyclic amines) is 1. The fraction of sp³-hybridized carbons (Fsp3) is 0.565. The Kier molecular flexibility index (Phi) is 5.65. The summed E-state index contributed by atoms with van der Waals surface area (Å²) in [4.78, 5) is 6.72. The van der Waals surface area contributed by atoms with Crippen LogP contribution in [0.3, 0.4) is 0 Å². The number of imidazole rings is 1. The second-order valence-corrected chi connectivity index (χ2v) is 8.93. The van der Waals surface area contributed by atoms with Gasteiger partial charge in [0.2, 0.25) is 0 Å². The van der Waals surface area contributed by atoms with E-state index in [4.69, 9.17) is 10.00 Å². The zero-order chi connectivity index (χ0) is 21.4. The number of hydrogen-bond acceptors (Lipinski definition) is 4. The average Bonchev–Trinajstić information content (AvgIpc) is 3.34. The maximum atomic E-state index is 14.4. The normalized spacial score (nSPS) is 25.9. The van der Waals surface area contributed by atoms with Crippen molar-refractivity contribution in [2.45, 2.75) is 57.7 Å². The predicted octanol–water partition coefficient (Wildman–Crippen LogP) is 4.19. The van der Waals surface area contributed by atoms with Crippen LogP contribution in [0.1, 0.15) is 49.7 Å². The Bertz CT molecular complexity index is 918. The minimum atomic E-state index is -2.77. The molecule has 2 saturated heterocycles. The van der Waals surface area contributed by atoms with Crippen LogP contribution in [0.25, 0.3) is 0 Å². The van der Waals surface area contributed by atoms with Gasteiger partial charge in [0.05, 0.1) is 18.2 Å². The van der Waals surface area contributed by atoms with Gasteiger partial charge in [-0.05, 0) is 57.4 Å². The average molecular weight is 415 g/mol. The summed E-state index contributed by atoms with van der Waals surface area (Å²) < 4.78 is 36.4. The minimum absolute atomic E-state index is 0.311. The number of nitrogens with zero attached hydrogens (tertiary/aromatic N) is 4. The van der Waals surface area contributed by atoms with E-state index >= 15 is 0 Å². The van der Waals surface area contributed by atoms with Crippen LogP contribution in [0, 0.1) is 16.7 Å². The van der Waals surface area contributed by atoms with Gasteiger partial charge in [0.25, 0.3) is 5.92 Å². The molecule has 4 rings (SSSR count). The van der Waals surface area contributed by atoms with Crippen LogP contribution in [0.4, 0.5) is 8.78 Å². The van der Waals surface area contributed by atoms with Gasteiger partial charge in [-0.3, -0.25) is 4.90 Å². The van der Waals surface area contributed by atoms with Gasteiger partial charge in [0.1, 0.15) is 18.5 Å². The van der Waals surface area contributed by atoms with Gasteiger partial charge < -0.3 is 9.30 Å². The van der Waals surface area contributed by atoms with E-state index in [1.165, 1.54) is 0 Å². The second kappa shape index (κ2) is 8.09. The lowest BCUT2D eigenvalue weighted by atomic mass is 9.72. The highest BCUT2D eigenvalue weighted by Crippen LogP contribution is 2.50. The maximum Gasteiger partial charge on any atom is 0.297 e. The van der Waals surface area contributed by atoms with Crippen molar-refractivity contribution < 1.29 is 13.5 Å². The Labute approximate surface area is 176 Å². The molecule has 0 unspecified atom stereocenters. The van der Waals surface area contributed by atoms with Crippen molar-refractivity contribution in [3.05, 3.63) is 53.6 Å². The van der Waals surface area contributed by atoms with Crippen LogP contribution >= 0.6 is 0 Å². The maximum absolute atomic E-state index is 14.4. The lowest BCUT2D eigenvalue weighted by molar-refractivity contribution is -0.301. The van der Waals surface area contributed by atoms with Gasteiger partial charge in [-0.1, -0.05) is 12.1 Å². The van der Waals surface area contributed by atoms with Crippen LogP contribution in [0.15, 0.2) is 36.7 Å². The van der Waals surface area contributed by atoms with Gasteiger partial charge in [-0.2, -0.15) is 5.26 Å². The molecule has 30 heavy (non-hydrogen) atoms. The first-order valence-electron chi connectivity index (χ1n) is 10.6. The molecule has 2 aliphatic rings. The number of benzene rings is 1. The van der Waals surface area contributed by atoms with Gasteiger partial charge in [-0.15, -0.1) is 0 Å². The zero-order valence-corrected chi connectivity index (χ0v) is 17.5. The SMILES string of the molecule is CC(C)n1ccnc1CN1CC[C@@](CCc2ccc(C#N)cc2)([C@H]2OCC2(F)F)C1. The number of halogens is 2. The molecule has 0 saturated carbocycles. The third kappa shape index (κ3) is 3.99. The quantitative estimate of drug-likeness (QED) is 0.682. The molecule has 1 aromatic heterocycles. The lowest BCUT2D eigenvalue weighted by Gasteiger charge is -2.48. The standard InChI is InChI=1S/C23H28F2N4O/c1-17(2)29-12-10-27-20(29)14-28-11-9-22(15-28,21-23(24,25)16-30-21)8-7-18-3-5-19(13-26)6-4-18/h3-6,10,12,17,21H,7-9,11,14-16H2,1-2H3/t21-,22-/m1/s1. The summed E-state index contributed by atoms with van der Waals surface area (Å²) in [5.74, 6) is -1.80. The first kappa shape index (κ1) is 21.0. The Hall–Kier alpha value is -2.30. The highest BCUT2D eigenvalue weighted by atomic mass is 19.3. The molecule has 0 bridgehead atoms. The molecule has 0 N–H and O–H groups in total. The van der Waals surface area contributed by atoms with E-state index in [1.807, 2.05) is 18.3 Å². The molecule has 3 heterocycles. The molecular formula is C23H28F2N4O. The van der Waals surface area contributed by atoms with E-state index < -0.39 is 24.0 Å². The van der Waals surface area contributed by atoms with Crippen LogP contribution in [0.2, 0.25) is 0 Å². The molecule has 2 aromatic rings. The van der Waals surface area contributed by atoms with Crippen molar-refractivity contribution in [2.24, 2.45) is 5.41 Å². The number of hydrogen-bond donors (Lipinski definition) is 0. The third-order valence-corrected chi connectivity index (χ3v) is 6.51. The molecule has 1 aromatic carbocycles. The Morgan fingerprint density at radius 1 is 1.30 bits per heavy atom. The molecule has 2 atom stereocenters. The van der Waals surface area contributed by atoms with Crippen molar-refractivity contribution in [1.82, 2.24) is 14.5 Å². The first-order valence-corrected chi connectivity index (χ1v) is 10.6. The summed E-state index contributed by atoms with van der Waals surface area (Å²) in [6.07, 6.45) is 4.75. The number of nitriles is 1. The van der Waals surface area contributed by atoms with E-state index in [0.717, 1.165) is 17.9 Å². The summed E-state index contributed by atoms with van der Waals surface area (Å²) >= 11 is 0. The molecule has 5 nitrogen and oxygen atoms in total. The van der Waals surface area contributed by atoms with Crippen molar-refractivity contribution >= 4 is 0 Å². The Morgan fingerprint density at radius 2 is 2.07 bits per heavy atom. The van der Waals surface area contributed by atoms with Crippen molar-refractivity contribution in [3.8, 4) is 6.07 Å². The molecule has 2 fully saturated rings. The van der Waals surface area contributed by atoms with Gasteiger partial charge in [0, 0.05) is 30.4 Å². The second-order valence-electron chi connectivity index (χ2n) is 8.93. The summed E-state index contributed by atoms with van der Waals surface area (Å²) in [6.45, 7) is 5.73. The summed E-state index contributed by atoms with van der Waals surface area (Å²) in [6, 6.07) is 9.81. The van der Waals surface area contributed by atoms with Crippen LogP contribution in [-0.4, -0.2) is 46.2 Å². The number of alkyl halides is 2. The van der Waals surface area contributed by atoms with Crippen LogP contribution in [-0.2, 0) is 17.7 Å². The summed E-state index contributed by atoms with van der Waals surface area (Å²) in [7, 11) is 0. The largest absolute Gasteiger partial charge is 0.365 e. The highest BCUT2D eigenvalue weighted by molar-refractivity contribution is 5.31. The first-order chi connectivity index (χ1) is 14.3. The molecule has 7 heteroatoms. The van der Waals surface area contributed by atoms with E-state index in [0.29, 0.717) is 44.0 Å². The van der Waals surface area contributed by atoms with Crippen LogP contribution in [0.5, 0.6) is 0 Å². The molecule has 2 aliphatic heterocycles. The van der Waals surface area contributed by atoms with Crippen molar-refractivity contribution in [3.63, 3.8) is 0 Å². The summed E-state index contributed by atoms with van der Waals surface area (Å²) in [5, 5.41) is 8.97. The zero-order valence-electron chi connectivity index (χ0n) is 17.5. The molecule has 0 amide bonds. The number of aryl methyl sites for hydroxylation is 1. The fourth-order valence-electron chi connectivity index (χ4n) is 4.86. The van der Waals surface area contributed by atoms with E-state index in [1.54, 1.807) is 18.3 Å². The Balaban J connectivity index is 1.49. The third-order valence-electron chi connectivity index (χ3n) is 6.51. The van der Waals surface area contributed by atoms with Crippen molar-refractivity contribution in [1.29, 1.82) is 5.26 Å². The smallest absolute Gasteiger partial charge is 0.297 e. The monoisotopic (exact) mass is 414 g/mol.